The Hall–Kier alpha value is -1.66. The number of hydrogen-bond acceptors (Lipinski definition) is 0. The molecule has 0 N–H and O–H groups in total. The first-order valence-corrected chi connectivity index (χ1v) is 11.4. The van der Waals surface area contributed by atoms with Gasteiger partial charge in [0.2, 0.25) is 0 Å². The van der Waals surface area contributed by atoms with Gasteiger partial charge in [0.25, 0.3) is 0 Å². The van der Waals surface area contributed by atoms with Gasteiger partial charge in [-0.3, -0.25) is 0 Å². The van der Waals surface area contributed by atoms with Crippen molar-refractivity contribution < 1.29 is 49.5 Å². The third kappa shape index (κ3) is 3.98. The number of allylic oxidation sites excluding steroid dienone is 4. The first-order chi connectivity index (χ1) is 14.1. The molecule has 2 aliphatic rings. The van der Waals surface area contributed by atoms with Gasteiger partial charge in [0, 0.05) is 0 Å². The molecule has 3 aromatic rings. The summed E-state index contributed by atoms with van der Waals surface area (Å²) >= 11 is 1.48. The minimum absolute atomic E-state index is 0. The summed E-state index contributed by atoms with van der Waals surface area (Å²) in [4.78, 5) is 0. The third-order valence-electron chi connectivity index (χ3n) is 6.11. The smallest absolute Gasteiger partial charge is 1.00 e. The van der Waals surface area contributed by atoms with Crippen molar-refractivity contribution in [1.82, 2.24) is 0 Å². The molecule has 0 nitrogen and oxygen atoms in total. The van der Waals surface area contributed by atoms with Crippen molar-refractivity contribution in [3.8, 4) is 0 Å². The van der Waals surface area contributed by atoms with Crippen molar-refractivity contribution in [2.45, 2.75) is 20.8 Å². The first-order valence-electron chi connectivity index (χ1n) is 10.2. The topological polar surface area (TPSA) is 0 Å². The van der Waals surface area contributed by atoms with Crippen LogP contribution in [0.1, 0.15) is 37.5 Å². The van der Waals surface area contributed by atoms with Gasteiger partial charge in [0.15, 0.2) is 0 Å². The summed E-state index contributed by atoms with van der Waals surface area (Å²) in [6, 6.07) is 24.3. The average molecular weight is 522 g/mol. The van der Waals surface area contributed by atoms with E-state index in [-0.39, 0.29) is 24.8 Å². The number of rotatable bonds is 2. The zero-order valence-electron chi connectivity index (χ0n) is 17.8. The fourth-order valence-corrected chi connectivity index (χ4v) is 5.86. The fraction of sp³-hybridized carbons (Fsp3) is 0.143. The third-order valence-corrected chi connectivity index (χ3v) is 7.38. The van der Waals surface area contributed by atoms with Crippen LogP contribution in [-0.2, 0) is 24.7 Å². The molecule has 0 amide bonds. The van der Waals surface area contributed by atoms with E-state index in [1.807, 2.05) is 0 Å². The molecule has 0 aliphatic heterocycles. The maximum Gasteiger partial charge on any atom is -1.00 e. The SMILES string of the molecule is CC(C)=c1ccc2c(c1C1=CC(c3ccccc3)=CC1C)[C]([Zr+2])=c1ccccc1=2.[Cl-].[Cl-]. The summed E-state index contributed by atoms with van der Waals surface area (Å²) in [6.45, 7) is 6.81. The van der Waals surface area contributed by atoms with Crippen LogP contribution in [0.2, 0.25) is 0 Å². The van der Waals surface area contributed by atoms with E-state index in [0.717, 1.165) is 0 Å². The van der Waals surface area contributed by atoms with E-state index in [4.69, 9.17) is 0 Å². The molecule has 3 heteroatoms. The van der Waals surface area contributed by atoms with E-state index >= 15 is 0 Å². The van der Waals surface area contributed by atoms with Gasteiger partial charge in [-0.2, -0.15) is 0 Å². The number of benzene rings is 3. The van der Waals surface area contributed by atoms with Crippen molar-refractivity contribution in [2.24, 2.45) is 5.92 Å². The van der Waals surface area contributed by atoms with Crippen molar-refractivity contribution >= 4 is 20.0 Å². The van der Waals surface area contributed by atoms with Gasteiger partial charge < -0.3 is 24.8 Å². The molecule has 0 spiro atoms. The molecule has 3 aromatic carbocycles. The minimum Gasteiger partial charge on any atom is -1.00 e. The summed E-state index contributed by atoms with van der Waals surface area (Å²) in [5.74, 6) is 0.405. The summed E-state index contributed by atoms with van der Waals surface area (Å²) in [7, 11) is 0. The Morgan fingerprint density at radius 3 is 2.06 bits per heavy atom. The van der Waals surface area contributed by atoms with E-state index in [0.29, 0.717) is 5.92 Å². The molecule has 153 valence electrons. The van der Waals surface area contributed by atoms with Gasteiger partial charge in [-0.1, -0.05) is 0 Å². The van der Waals surface area contributed by atoms with E-state index < -0.39 is 0 Å². The minimum atomic E-state index is 0. The van der Waals surface area contributed by atoms with Gasteiger partial charge in [0.1, 0.15) is 0 Å². The molecular formula is C28H23Cl2Zr. The summed E-state index contributed by atoms with van der Waals surface area (Å²) < 4.78 is 1.49. The predicted molar refractivity (Wildman–Crippen MR) is 119 cm³/mol. The number of hydrogen-bond donors (Lipinski definition) is 0. The quantitative estimate of drug-likeness (QED) is 0.419. The Morgan fingerprint density at radius 2 is 1.39 bits per heavy atom. The summed E-state index contributed by atoms with van der Waals surface area (Å²) in [5, 5.41) is 5.58. The van der Waals surface area contributed by atoms with Crippen LogP contribution in [0.5, 0.6) is 0 Å². The molecule has 1 atom stereocenters. The molecule has 0 fully saturated rings. The van der Waals surface area contributed by atoms with Crippen molar-refractivity contribution in [3.63, 3.8) is 0 Å². The molecule has 5 rings (SSSR count). The van der Waals surface area contributed by atoms with Crippen LogP contribution in [0.25, 0.3) is 20.0 Å². The average Bonchev–Trinajstić information content (AvgIpc) is 3.26. The van der Waals surface area contributed by atoms with Crippen LogP contribution in [0.4, 0.5) is 0 Å². The van der Waals surface area contributed by atoms with Gasteiger partial charge >= 0.3 is 188 Å². The number of halogens is 2. The fourth-order valence-electron chi connectivity index (χ4n) is 4.69. The summed E-state index contributed by atoms with van der Waals surface area (Å²) in [6.07, 6.45) is 4.85. The molecule has 0 aromatic heterocycles. The van der Waals surface area contributed by atoms with Crippen LogP contribution in [0, 0.1) is 16.4 Å². The standard InChI is InChI=1S/C28H23.2ClH.Zr/c1-18(2)23-13-14-25-24-12-8-7-11-21(24)16-27(25)28(23)26-17-22(15-19(26)3)20-9-5-4-6-10-20;;;/h4-15,17,19H,1-3H3;2*1H;/q;;;+2/p-2. The zero-order valence-corrected chi connectivity index (χ0v) is 21.8. The molecular weight excluding hydrogens is 498 g/mol. The van der Waals surface area contributed by atoms with E-state index in [9.17, 15) is 0 Å². The van der Waals surface area contributed by atoms with Crippen molar-refractivity contribution in [3.05, 3.63) is 116 Å². The maximum atomic E-state index is 2.42. The second kappa shape index (κ2) is 9.45. The Balaban J connectivity index is 0.00000136. The van der Waals surface area contributed by atoms with Gasteiger partial charge in [0.05, 0.1) is 0 Å². The normalized spacial score (nSPS) is 15.9. The largest absolute Gasteiger partial charge is 1.00 e. The van der Waals surface area contributed by atoms with Crippen LogP contribution in [0.3, 0.4) is 0 Å². The molecule has 0 saturated heterocycles. The van der Waals surface area contributed by atoms with Gasteiger partial charge in [-0.05, 0) is 0 Å². The molecule has 0 bridgehead atoms. The van der Waals surface area contributed by atoms with Crippen LogP contribution < -0.4 is 35.3 Å². The first kappa shape index (κ1) is 24.0. The van der Waals surface area contributed by atoms with E-state index in [1.165, 1.54) is 82.3 Å². The van der Waals surface area contributed by atoms with E-state index in [2.05, 4.69) is 99.7 Å². The van der Waals surface area contributed by atoms with Crippen LogP contribution in [0.15, 0.2) is 78.9 Å². The van der Waals surface area contributed by atoms with Crippen molar-refractivity contribution in [2.75, 3.05) is 0 Å². The monoisotopic (exact) mass is 519 g/mol. The molecule has 0 saturated carbocycles. The second-order valence-electron chi connectivity index (χ2n) is 8.21. The molecule has 2 aliphatic carbocycles. The summed E-state index contributed by atoms with van der Waals surface area (Å²) in [5.41, 5.74) is 8.37. The van der Waals surface area contributed by atoms with Crippen molar-refractivity contribution in [1.29, 1.82) is 0 Å². The van der Waals surface area contributed by atoms with Crippen LogP contribution in [-0.4, -0.2) is 0 Å². The maximum absolute atomic E-state index is 2.42. The second-order valence-corrected chi connectivity index (χ2v) is 9.44. The Morgan fingerprint density at radius 1 is 0.742 bits per heavy atom. The molecule has 31 heavy (non-hydrogen) atoms. The predicted octanol–water partition coefficient (Wildman–Crippen LogP) is -0.695. The molecule has 0 radical (unpaired) electrons. The van der Waals surface area contributed by atoms with Gasteiger partial charge in [-0.15, -0.1) is 0 Å². The Kier molecular flexibility index (Phi) is 7.32. The Labute approximate surface area is 211 Å². The molecule has 0 heterocycles. The zero-order chi connectivity index (χ0) is 20.1. The Bertz CT molecular complexity index is 1430. The van der Waals surface area contributed by atoms with E-state index in [1.54, 1.807) is 0 Å². The molecule has 1 unspecified atom stereocenters. The van der Waals surface area contributed by atoms with Crippen LogP contribution >= 0.6 is 0 Å². The van der Waals surface area contributed by atoms with Gasteiger partial charge in [-0.25, -0.2) is 0 Å². The number of fused-ring (bicyclic) bond motifs is 2.